The lowest BCUT2D eigenvalue weighted by molar-refractivity contribution is 0.212. The summed E-state index contributed by atoms with van der Waals surface area (Å²) in [5.74, 6) is 0.963. The molecule has 5 heteroatoms. The predicted octanol–water partition coefficient (Wildman–Crippen LogP) is 3.00. The largest absolute Gasteiger partial charge is 0.322 e. The summed E-state index contributed by atoms with van der Waals surface area (Å²) >= 11 is 6.32. The lowest BCUT2D eigenvalue weighted by atomic mass is 10.1. The number of hydrogen-bond donors (Lipinski definition) is 0. The van der Waals surface area contributed by atoms with Crippen molar-refractivity contribution in [3.63, 3.8) is 0 Å². The zero-order chi connectivity index (χ0) is 13.4. The molecule has 3 heterocycles. The topological polar surface area (TPSA) is 34.0 Å². The maximum atomic E-state index is 6.32. The van der Waals surface area contributed by atoms with Gasteiger partial charge in [0.2, 0.25) is 0 Å². The number of rotatable bonds is 2. The van der Waals surface area contributed by atoms with Crippen LogP contribution in [0.2, 0.25) is 0 Å². The van der Waals surface area contributed by atoms with Crippen LogP contribution in [0.15, 0.2) is 18.5 Å². The summed E-state index contributed by atoms with van der Waals surface area (Å²) in [6.45, 7) is 4.22. The second kappa shape index (κ2) is 5.10. The first-order chi connectivity index (χ1) is 9.16. The molecule has 0 bridgehead atoms. The van der Waals surface area contributed by atoms with Crippen molar-refractivity contribution in [2.45, 2.75) is 31.2 Å². The summed E-state index contributed by atoms with van der Waals surface area (Å²) in [5.41, 5.74) is 2.09. The first-order valence-corrected chi connectivity index (χ1v) is 7.25. The molecule has 2 aromatic rings. The lowest BCUT2D eigenvalue weighted by Gasteiger charge is -2.32. The first-order valence-electron chi connectivity index (χ1n) is 6.81. The van der Waals surface area contributed by atoms with E-state index in [2.05, 4.69) is 26.5 Å². The van der Waals surface area contributed by atoms with E-state index in [0.717, 1.165) is 23.4 Å². The third-order valence-corrected chi connectivity index (χ3v) is 4.03. The fourth-order valence-electron chi connectivity index (χ4n) is 2.98. The van der Waals surface area contributed by atoms with Crippen LogP contribution in [0.5, 0.6) is 0 Å². The number of likely N-dealkylation sites (N-methyl/N-ethyl adjacent to an activating group) is 1. The van der Waals surface area contributed by atoms with E-state index in [4.69, 9.17) is 11.6 Å². The van der Waals surface area contributed by atoms with Crippen molar-refractivity contribution in [3.8, 4) is 0 Å². The van der Waals surface area contributed by atoms with Gasteiger partial charge in [-0.15, -0.1) is 11.6 Å². The van der Waals surface area contributed by atoms with Gasteiger partial charge in [0, 0.05) is 18.8 Å². The maximum Gasteiger partial charge on any atom is 0.128 e. The van der Waals surface area contributed by atoms with Gasteiger partial charge in [-0.3, -0.25) is 4.98 Å². The van der Waals surface area contributed by atoms with Crippen LogP contribution < -0.4 is 0 Å². The highest BCUT2D eigenvalue weighted by Gasteiger charge is 2.25. The Morgan fingerprint density at radius 3 is 3.05 bits per heavy atom. The van der Waals surface area contributed by atoms with E-state index in [1.165, 1.54) is 19.4 Å². The molecule has 102 valence electrons. The van der Waals surface area contributed by atoms with Gasteiger partial charge in [0.1, 0.15) is 11.3 Å². The van der Waals surface area contributed by atoms with E-state index < -0.39 is 0 Å². The molecule has 2 atom stereocenters. The van der Waals surface area contributed by atoms with Gasteiger partial charge in [-0.2, -0.15) is 0 Å². The van der Waals surface area contributed by atoms with Crippen molar-refractivity contribution in [2.75, 3.05) is 20.1 Å². The van der Waals surface area contributed by atoms with Crippen LogP contribution in [0.25, 0.3) is 11.0 Å². The highest BCUT2D eigenvalue weighted by molar-refractivity contribution is 6.20. The fourth-order valence-corrected chi connectivity index (χ4v) is 3.14. The monoisotopic (exact) mass is 278 g/mol. The summed E-state index contributed by atoms with van der Waals surface area (Å²) in [5, 5.41) is -0.0837. The van der Waals surface area contributed by atoms with Crippen molar-refractivity contribution in [3.05, 3.63) is 24.3 Å². The molecule has 2 aromatic heterocycles. The van der Waals surface area contributed by atoms with E-state index in [1.54, 1.807) is 0 Å². The maximum absolute atomic E-state index is 6.32. The van der Waals surface area contributed by atoms with Crippen LogP contribution in [-0.2, 0) is 0 Å². The second-order valence-corrected chi connectivity index (χ2v) is 6.03. The van der Waals surface area contributed by atoms with Gasteiger partial charge in [-0.25, -0.2) is 4.98 Å². The van der Waals surface area contributed by atoms with Gasteiger partial charge in [-0.05, 0) is 39.4 Å². The molecule has 2 unspecified atom stereocenters. The van der Waals surface area contributed by atoms with E-state index in [-0.39, 0.29) is 5.38 Å². The average Bonchev–Trinajstić information content (AvgIpc) is 2.78. The molecule has 0 aromatic carbocycles. The molecule has 19 heavy (non-hydrogen) atoms. The summed E-state index contributed by atoms with van der Waals surface area (Å²) < 4.78 is 2.32. The van der Waals surface area contributed by atoms with Crippen molar-refractivity contribution in [1.29, 1.82) is 0 Å². The van der Waals surface area contributed by atoms with E-state index in [0.29, 0.717) is 6.04 Å². The van der Waals surface area contributed by atoms with Gasteiger partial charge < -0.3 is 9.47 Å². The minimum Gasteiger partial charge on any atom is -0.322 e. The quantitative estimate of drug-likeness (QED) is 0.792. The van der Waals surface area contributed by atoms with E-state index >= 15 is 0 Å². The Morgan fingerprint density at radius 2 is 2.32 bits per heavy atom. The SMILES string of the molecule is CC(Cl)c1nc2cnccc2n1C1CCCN(C)C1. The Bertz CT molecular complexity index is 578. The first kappa shape index (κ1) is 12.9. The van der Waals surface area contributed by atoms with Gasteiger partial charge in [0.05, 0.1) is 17.1 Å². The number of fused-ring (bicyclic) bond motifs is 1. The van der Waals surface area contributed by atoms with Gasteiger partial charge >= 0.3 is 0 Å². The van der Waals surface area contributed by atoms with Gasteiger partial charge in [-0.1, -0.05) is 0 Å². The zero-order valence-electron chi connectivity index (χ0n) is 11.4. The van der Waals surface area contributed by atoms with Crippen LogP contribution in [0.3, 0.4) is 0 Å². The lowest BCUT2D eigenvalue weighted by Crippen LogP contribution is -2.34. The minimum atomic E-state index is -0.0837. The molecule has 4 nitrogen and oxygen atoms in total. The molecule has 1 aliphatic rings. The van der Waals surface area contributed by atoms with Crippen molar-refractivity contribution >= 4 is 22.6 Å². The zero-order valence-corrected chi connectivity index (χ0v) is 12.1. The van der Waals surface area contributed by atoms with Crippen molar-refractivity contribution < 1.29 is 0 Å². The number of hydrogen-bond acceptors (Lipinski definition) is 3. The highest BCUT2D eigenvalue weighted by Crippen LogP contribution is 2.31. The standard InChI is InChI=1S/C14H19ClN4/c1-10(15)14-17-12-8-16-6-5-13(12)19(14)11-4-3-7-18(2)9-11/h5-6,8,10-11H,3-4,7,9H2,1-2H3. The number of alkyl halides is 1. The Morgan fingerprint density at radius 1 is 1.47 bits per heavy atom. The third-order valence-electron chi connectivity index (χ3n) is 3.84. The molecule has 0 aliphatic carbocycles. The fraction of sp³-hybridized carbons (Fsp3) is 0.571. The van der Waals surface area contributed by atoms with E-state index in [1.807, 2.05) is 25.4 Å². The summed E-state index contributed by atoms with van der Waals surface area (Å²) in [4.78, 5) is 11.2. The van der Waals surface area contributed by atoms with Crippen LogP contribution in [0, 0.1) is 0 Å². The third kappa shape index (κ3) is 2.35. The van der Waals surface area contributed by atoms with Crippen molar-refractivity contribution in [2.24, 2.45) is 0 Å². The summed E-state index contributed by atoms with van der Waals surface area (Å²) in [6.07, 6.45) is 6.06. The molecule has 1 fully saturated rings. The van der Waals surface area contributed by atoms with Crippen LogP contribution in [0.1, 0.15) is 37.0 Å². The number of halogens is 1. The molecule has 0 saturated carbocycles. The van der Waals surface area contributed by atoms with Crippen molar-refractivity contribution in [1.82, 2.24) is 19.4 Å². The molecule has 1 saturated heterocycles. The number of likely N-dealkylation sites (tertiary alicyclic amines) is 1. The molecule has 0 radical (unpaired) electrons. The molecule has 0 spiro atoms. The summed E-state index contributed by atoms with van der Waals surface area (Å²) in [6, 6.07) is 2.50. The number of aromatic nitrogens is 3. The smallest absolute Gasteiger partial charge is 0.128 e. The van der Waals surface area contributed by atoms with Crippen LogP contribution in [0.4, 0.5) is 0 Å². The van der Waals surface area contributed by atoms with Gasteiger partial charge in [0.25, 0.3) is 0 Å². The Hall–Kier alpha value is -1.13. The Labute approximate surface area is 118 Å². The molecular weight excluding hydrogens is 260 g/mol. The number of pyridine rings is 1. The minimum absolute atomic E-state index is 0.0837. The summed E-state index contributed by atoms with van der Waals surface area (Å²) in [7, 11) is 2.18. The predicted molar refractivity (Wildman–Crippen MR) is 77.6 cm³/mol. The Kier molecular flexibility index (Phi) is 3.46. The number of nitrogens with zero attached hydrogens (tertiary/aromatic N) is 4. The van der Waals surface area contributed by atoms with Crippen LogP contribution >= 0.6 is 11.6 Å². The van der Waals surface area contributed by atoms with Gasteiger partial charge in [0.15, 0.2) is 0 Å². The molecule has 0 amide bonds. The molecule has 3 rings (SSSR count). The second-order valence-electron chi connectivity index (χ2n) is 5.38. The molecule has 0 N–H and O–H groups in total. The molecule has 1 aliphatic heterocycles. The Balaban J connectivity index is 2.11. The average molecular weight is 279 g/mol. The molecular formula is C14H19ClN4. The number of imidazole rings is 1. The normalized spacial score (nSPS) is 22.8. The van der Waals surface area contributed by atoms with E-state index in [9.17, 15) is 0 Å². The number of piperidine rings is 1. The van der Waals surface area contributed by atoms with Crippen LogP contribution in [-0.4, -0.2) is 39.6 Å². The highest BCUT2D eigenvalue weighted by atomic mass is 35.5.